The number of amides is 2. The van der Waals surface area contributed by atoms with Crippen molar-refractivity contribution in [2.24, 2.45) is 0 Å². The fraction of sp³-hybridized carbons (Fsp3) is 0.400. The molecule has 1 aliphatic rings. The van der Waals surface area contributed by atoms with Gasteiger partial charge < -0.3 is 9.64 Å². The molecule has 3 rings (SSSR count). The predicted octanol–water partition coefficient (Wildman–Crippen LogP) is 3.54. The molecule has 2 heterocycles. The summed E-state index contributed by atoms with van der Waals surface area (Å²) in [6.45, 7) is 8.12. The Balaban J connectivity index is 1.85. The number of nitrogens with zero attached hydrogens (tertiary/aromatic N) is 3. The zero-order valence-corrected chi connectivity index (χ0v) is 18.6. The number of carbonyl (C=O) groups excluding carboxylic acids is 2. The molecule has 0 N–H and O–H groups in total. The van der Waals surface area contributed by atoms with E-state index < -0.39 is 0 Å². The number of likely N-dealkylation sites (N-methyl/N-ethyl adjacent to an activating group) is 1. The molecule has 0 spiro atoms. The molecule has 2 amide bonds. The molecule has 31 heavy (non-hydrogen) atoms. The van der Waals surface area contributed by atoms with Crippen molar-refractivity contribution in [3.63, 3.8) is 0 Å². The largest absolute Gasteiger partial charge is 0.379 e. The van der Waals surface area contributed by atoms with Crippen LogP contribution in [0.3, 0.4) is 0 Å². The molecule has 0 bridgehead atoms. The Kier molecular flexibility index (Phi) is 7.95. The highest BCUT2D eigenvalue weighted by Gasteiger charge is 2.40. The van der Waals surface area contributed by atoms with Crippen molar-refractivity contribution in [3.8, 4) is 0 Å². The highest BCUT2D eigenvalue weighted by molar-refractivity contribution is 6.35. The van der Waals surface area contributed by atoms with Gasteiger partial charge in [0.25, 0.3) is 11.8 Å². The zero-order chi connectivity index (χ0) is 22.2. The molecular formula is C25H31N3O3. The summed E-state index contributed by atoms with van der Waals surface area (Å²) in [5.41, 5.74) is 2.92. The highest BCUT2D eigenvalue weighted by atomic mass is 16.5. The van der Waals surface area contributed by atoms with E-state index in [1.54, 1.807) is 12.4 Å². The van der Waals surface area contributed by atoms with Gasteiger partial charge in [0.05, 0.1) is 11.7 Å². The normalized spacial score (nSPS) is 14.1. The molecule has 6 heteroatoms. The van der Waals surface area contributed by atoms with Gasteiger partial charge in [0, 0.05) is 38.6 Å². The average molecular weight is 422 g/mol. The summed E-state index contributed by atoms with van der Waals surface area (Å²) in [5.74, 6) is -0.442. The number of rotatable bonds is 11. The van der Waals surface area contributed by atoms with Crippen LogP contribution >= 0.6 is 0 Å². The van der Waals surface area contributed by atoms with Crippen molar-refractivity contribution in [1.29, 1.82) is 0 Å². The van der Waals surface area contributed by atoms with Crippen LogP contribution < -0.4 is 0 Å². The van der Waals surface area contributed by atoms with Crippen LogP contribution in [0, 0.1) is 0 Å². The first-order valence-electron chi connectivity index (χ1n) is 10.9. The lowest BCUT2D eigenvalue weighted by atomic mass is 10.0. The molecule has 2 aromatic rings. The molecule has 0 atom stereocenters. The van der Waals surface area contributed by atoms with Gasteiger partial charge in [0.1, 0.15) is 5.70 Å². The van der Waals surface area contributed by atoms with Crippen LogP contribution in [0.5, 0.6) is 0 Å². The van der Waals surface area contributed by atoms with Crippen LogP contribution in [0.25, 0.3) is 5.57 Å². The first-order valence-corrected chi connectivity index (χ1v) is 10.9. The van der Waals surface area contributed by atoms with Gasteiger partial charge in [0.15, 0.2) is 0 Å². The van der Waals surface area contributed by atoms with Gasteiger partial charge in [-0.3, -0.25) is 19.5 Å². The van der Waals surface area contributed by atoms with Gasteiger partial charge in [-0.05, 0) is 56.9 Å². The lowest BCUT2D eigenvalue weighted by Crippen LogP contribution is -2.37. The monoisotopic (exact) mass is 421 g/mol. The molecule has 6 nitrogen and oxygen atoms in total. The summed E-state index contributed by atoms with van der Waals surface area (Å²) < 4.78 is 5.59. The van der Waals surface area contributed by atoms with Crippen molar-refractivity contribution in [2.75, 3.05) is 26.2 Å². The molecule has 0 radical (unpaired) electrons. The van der Waals surface area contributed by atoms with E-state index in [0.29, 0.717) is 43.9 Å². The third-order valence-electron chi connectivity index (χ3n) is 5.30. The maximum absolute atomic E-state index is 13.4. The summed E-state index contributed by atoms with van der Waals surface area (Å²) in [6, 6.07) is 13.4. The number of aromatic nitrogens is 1. The van der Waals surface area contributed by atoms with Crippen molar-refractivity contribution in [1.82, 2.24) is 14.8 Å². The third-order valence-corrected chi connectivity index (χ3v) is 5.30. The predicted molar refractivity (Wildman–Crippen MR) is 121 cm³/mol. The second-order valence-corrected chi connectivity index (χ2v) is 7.81. The van der Waals surface area contributed by atoms with Crippen molar-refractivity contribution in [2.45, 2.75) is 39.7 Å². The molecule has 0 unspecified atom stereocenters. The molecule has 164 valence electrons. The van der Waals surface area contributed by atoms with E-state index in [1.165, 1.54) is 4.90 Å². The Morgan fingerprint density at radius 2 is 1.74 bits per heavy atom. The van der Waals surface area contributed by atoms with Gasteiger partial charge >= 0.3 is 0 Å². The Bertz CT molecular complexity index is 910. The Morgan fingerprint density at radius 3 is 2.39 bits per heavy atom. The number of imide groups is 1. The van der Waals surface area contributed by atoms with E-state index in [2.05, 4.69) is 4.98 Å². The van der Waals surface area contributed by atoms with E-state index in [-0.39, 0.29) is 17.9 Å². The number of ether oxygens (including phenoxy) is 1. The molecule has 1 aromatic carbocycles. The van der Waals surface area contributed by atoms with E-state index in [0.717, 1.165) is 17.5 Å². The number of carbonyl (C=O) groups is 2. The first kappa shape index (κ1) is 22.7. The Labute approximate surface area is 184 Å². The summed E-state index contributed by atoms with van der Waals surface area (Å²) >= 11 is 0. The second-order valence-electron chi connectivity index (χ2n) is 7.81. The molecule has 0 fully saturated rings. The van der Waals surface area contributed by atoms with Crippen LogP contribution in [-0.2, 0) is 20.7 Å². The van der Waals surface area contributed by atoms with Crippen LogP contribution in [-0.4, -0.2) is 58.9 Å². The van der Waals surface area contributed by atoms with Gasteiger partial charge in [0.2, 0.25) is 0 Å². The number of pyridine rings is 1. The third kappa shape index (κ3) is 5.58. The van der Waals surface area contributed by atoms with Crippen molar-refractivity contribution < 1.29 is 14.3 Å². The van der Waals surface area contributed by atoms with Crippen LogP contribution in [0.1, 0.15) is 38.3 Å². The molecule has 1 aromatic heterocycles. The molecular weight excluding hydrogens is 390 g/mol. The topological polar surface area (TPSA) is 62.7 Å². The van der Waals surface area contributed by atoms with Gasteiger partial charge in [-0.2, -0.15) is 0 Å². The minimum absolute atomic E-state index is 0.127. The quantitative estimate of drug-likeness (QED) is 0.410. The maximum atomic E-state index is 13.4. The summed E-state index contributed by atoms with van der Waals surface area (Å²) in [7, 11) is 0. The fourth-order valence-corrected chi connectivity index (χ4v) is 3.71. The van der Waals surface area contributed by atoms with E-state index in [1.807, 2.05) is 68.1 Å². The standard InChI is InChI=1S/C25H31N3O3/c1-4-27(17-13-20-11-14-26-15-12-20)23-22(21-9-6-5-7-10-21)24(29)28(25(23)30)16-8-18-31-19(2)3/h5-7,9-12,14-15,19H,4,8,13,16-18H2,1-3H3. The van der Waals surface area contributed by atoms with Gasteiger partial charge in [-0.15, -0.1) is 0 Å². The minimum atomic E-state index is -0.224. The smallest absolute Gasteiger partial charge is 0.277 e. The SMILES string of the molecule is CCN(CCc1ccncc1)C1=C(c2ccccc2)C(=O)N(CCCOC(C)C)C1=O. The zero-order valence-electron chi connectivity index (χ0n) is 18.6. The number of hydrogen-bond acceptors (Lipinski definition) is 5. The average Bonchev–Trinajstić information content (AvgIpc) is 3.03. The maximum Gasteiger partial charge on any atom is 0.277 e. The van der Waals surface area contributed by atoms with E-state index in [9.17, 15) is 9.59 Å². The van der Waals surface area contributed by atoms with Gasteiger partial charge in [-0.1, -0.05) is 30.3 Å². The van der Waals surface area contributed by atoms with Crippen LogP contribution in [0.4, 0.5) is 0 Å². The number of benzene rings is 1. The summed E-state index contributed by atoms with van der Waals surface area (Å²) in [5, 5.41) is 0. The number of hydrogen-bond donors (Lipinski definition) is 0. The lowest BCUT2D eigenvalue weighted by molar-refractivity contribution is -0.137. The Morgan fingerprint density at radius 1 is 1.03 bits per heavy atom. The summed E-state index contributed by atoms with van der Waals surface area (Å²) in [6.07, 6.45) is 5.05. The van der Waals surface area contributed by atoms with Crippen LogP contribution in [0.2, 0.25) is 0 Å². The molecule has 1 aliphatic heterocycles. The second kappa shape index (κ2) is 10.9. The lowest BCUT2D eigenvalue weighted by Gasteiger charge is -2.25. The van der Waals surface area contributed by atoms with E-state index in [4.69, 9.17) is 4.74 Å². The van der Waals surface area contributed by atoms with Gasteiger partial charge in [-0.25, -0.2) is 0 Å². The molecule has 0 aliphatic carbocycles. The molecule has 0 saturated heterocycles. The van der Waals surface area contributed by atoms with Crippen molar-refractivity contribution in [3.05, 3.63) is 71.7 Å². The minimum Gasteiger partial charge on any atom is -0.379 e. The molecule has 0 saturated carbocycles. The fourth-order valence-electron chi connectivity index (χ4n) is 3.71. The summed E-state index contributed by atoms with van der Waals surface area (Å²) in [4.78, 5) is 34.2. The first-order chi connectivity index (χ1) is 15.0. The highest BCUT2D eigenvalue weighted by Crippen LogP contribution is 2.31. The van der Waals surface area contributed by atoms with Crippen LogP contribution in [0.15, 0.2) is 60.6 Å². The van der Waals surface area contributed by atoms with E-state index >= 15 is 0 Å². The Hall–Kier alpha value is -2.99. The van der Waals surface area contributed by atoms with Crippen molar-refractivity contribution >= 4 is 17.4 Å².